The Morgan fingerprint density at radius 3 is 2.07 bits per heavy atom. The number of carboxylic acids is 1. The summed E-state index contributed by atoms with van der Waals surface area (Å²) in [5, 5.41) is 18.9. The Hall–Kier alpha value is -3.37. The Labute approximate surface area is 174 Å². The van der Waals surface area contributed by atoms with Crippen LogP contribution in [-0.2, 0) is 20.7 Å². The van der Waals surface area contributed by atoms with Gasteiger partial charge in [-0.25, -0.2) is 25.9 Å². The van der Waals surface area contributed by atoms with E-state index in [-0.39, 0.29) is 21.8 Å². The van der Waals surface area contributed by atoms with Crippen molar-refractivity contribution in [1.29, 1.82) is 0 Å². The number of sulfone groups is 1. The summed E-state index contributed by atoms with van der Waals surface area (Å²) < 4.78 is 48.5. The van der Waals surface area contributed by atoms with E-state index in [0.717, 1.165) is 22.7 Å². The average molecular weight is 447 g/mol. The number of carbonyl (C=O) groups is 1. The van der Waals surface area contributed by atoms with Gasteiger partial charge in [0.15, 0.2) is 9.84 Å². The molecule has 0 spiro atoms. The van der Waals surface area contributed by atoms with Crippen LogP contribution >= 0.6 is 0 Å². The Morgan fingerprint density at radius 2 is 1.50 bits per heavy atom. The second-order valence-corrected chi connectivity index (χ2v) is 9.30. The van der Waals surface area contributed by atoms with E-state index in [9.17, 15) is 26.7 Å². The highest BCUT2D eigenvalue weighted by molar-refractivity contribution is 7.90. The molecule has 0 aliphatic carbocycles. The third-order valence-corrected chi connectivity index (χ3v) is 6.20. The molecule has 0 bridgehead atoms. The minimum absolute atomic E-state index is 0.0515. The van der Waals surface area contributed by atoms with Crippen LogP contribution in [0.25, 0.3) is 11.1 Å². The van der Waals surface area contributed by atoms with E-state index in [1.807, 2.05) is 0 Å². The van der Waals surface area contributed by atoms with Gasteiger partial charge in [0.2, 0.25) is 10.9 Å². The van der Waals surface area contributed by atoms with Crippen molar-refractivity contribution in [3.8, 4) is 16.9 Å². The summed E-state index contributed by atoms with van der Waals surface area (Å²) >= 11 is 0. The Kier molecular flexibility index (Phi) is 5.81. The molecule has 3 aromatic carbocycles. The lowest BCUT2D eigenvalue weighted by Crippen LogP contribution is -2.14. The van der Waals surface area contributed by atoms with Crippen LogP contribution in [0.3, 0.4) is 0 Å². The maximum atomic E-state index is 11.9. The molecule has 0 saturated carbocycles. The van der Waals surface area contributed by atoms with Gasteiger partial charge in [-0.3, -0.25) is 0 Å². The number of hydrogen-bond donors (Lipinski definition) is 3. The molecule has 156 valence electrons. The fourth-order valence-corrected chi connectivity index (χ4v) is 4.19. The number of hydrogen-bond acceptors (Lipinski definition) is 6. The highest BCUT2D eigenvalue weighted by atomic mass is 32.2. The van der Waals surface area contributed by atoms with E-state index in [1.54, 1.807) is 30.3 Å². The van der Waals surface area contributed by atoms with Gasteiger partial charge in [0.05, 0.1) is 16.3 Å². The molecule has 30 heavy (non-hydrogen) atoms. The van der Waals surface area contributed by atoms with Gasteiger partial charge in [0, 0.05) is 12.3 Å². The van der Waals surface area contributed by atoms with Crippen LogP contribution in [0.15, 0.2) is 71.6 Å². The van der Waals surface area contributed by atoms with Crippen molar-refractivity contribution in [1.82, 2.24) is 0 Å². The van der Waals surface area contributed by atoms with Gasteiger partial charge in [-0.2, -0.15) is 0 Å². The molecule has 0 amide bonds. The molecule has 0 unspecified atom stereocenters. The number of thiol groups is 1. The molecule has 2 N–H and O–H groups in total. The van der Waals surface area contributed by atoms with E-state index in [2.05, 4.69) is 0 Å². The van der Waals surface area contributed by atoms with Crippen molar-refractivity contribution in [2.24, 2.45) is 0 Å². The van der Waals surface area contributed by atoms with Crippen LogP contribution in [0, 0.1) is 0 Å². The van der Waals surface area contributed by atoms with Crippen LogP contribution in [0.2, 0.25) is 0 Å². The minimum Gasteiger partial charge on any atom is -0.507 e. The molecule has 3 aromatic rings. The van der Waals surface area contributed by atoms with Crippen molar-refractivity contribution < 1.29 is 31.8 Å². The van der Waals surface area contributed by atoms with Gasteiger partial charge in [-0.1, -0.05) is 24.3 Å². The topological polar surface area (TPSA) is 129 Å². The predicted molar refractivity (Wildman–Crippen MR) is 113 cm³/mol. The number of anilines is 2. The summed E-state index contributed by atoms with van der Waals surface area (Å²) in [7, 11) is -6.60. The molecule has 8 nitrogen and oxygen atoms in total. The molecule has 10 heteroatoms. The van der Waals surface area contributed by atoms with Gasteiger partial charge < -0.3 is 10.2 Å². The highest BCUT2D eigenvalue weighted by Crippen LogP contribution is 2.33. The Balaban J connectivity index is 2.09. The predicted octanol–water partition coefficient (Wildman–Crippen LogP) is 2.83. The molecular formula is C20H17NO7S2. The first kappa shape index (κ1) is 21.3. The second kappa shape index (κ2) is 8.17. The molecule has 0 heterocycles. The fraction of sp³-hybridized carbons (Fsp3) is 0.0500. The second-order valence-electron chi connectivity index (χ2n) is 6.41. The van der Waals surface area contributed by atoms with Gasteiger partial charge in [0.25, 0.3) is 0 Å². The lowest BCUT2D eigenvalue weighted by atomic mass is 10.1. The molecule has 3 rings (SSSR count). The molecule has 0 saturated heterocycles. The zero-order valence-corrected chi connectivity index (χ0v) is 17.3. The molecule has 0 aromatic heterocycles. The minimum atomic E-state index is -3.42. The SMILES string of the molecule is CS(=O)(=O)c1cccc(-c2cccc(N(c3ccc(C(=O)O)c(O)c3)[SH](=O)=O)c2)c1. The van der Waals surface area contributed by atoms with Crippen molar-refractivity contribution in [3.63, 3.8) is 0 Å². The molecule has 0 aliphatic rings. The van der Waals surface area contributed by atoms with Gasteiger partial charge in [0.1, 0.15) is 11.3 Å². The standard InChI is InChI=1S/C20H17NO7S2/c1-30(27,28)17-7-3-5-14(11-17)13-4-2-6-15(10-13)21(29(25)26)16-8-9-18(20(23)24)19(22)12-16/h2-12,22,29H,1H3,(H,23,24). The molecule has 0 fully saturated rings. The smallest absolute Gasteiger partial charge is 0.339 e. The normalized spacial score (nSPS) is 11.4. The maximum absolute atomic E-state index is 11.9. The molecule has 0 aliphatic heterocycles. The van der Waals surface area contributed by atoms with E-state index >= 15 is 0 Å². The van der Waals surface area contributed by atoms with E-state index in [1.165, 1.54) is 24.3 Å². The van der Waals surface area contributed by atoms with Crippen molar-refractivity contribution in [2.45, 2.75) is 4.90 Å². The number of nitrogens with zero attached hydrogens (tertiary/aromatic N) is 1. The third-order valence-electron chi connectivity index (χ3n) is 4.31. The number of phenols is 1. The van der Waals surface area contributed by atoms with Crippen LogP contribution in [0.1, 0.15) is 10.4 Å². The number of aromatic hydroxyl groups is 1. The summed E-state index contributed by atoms with van der Waals surface area (Å²) in [4.78, 5) is 11.2. The molecule has 0 atom stereocenters. The fourth-order valence-electron chi connectivity index (χ4n) is 2.89. The first-order valence-corrected chi connectivity index (χ1v) is 11.5. The molecular weight excluding hydrogens is 430 g/mol. The summed E-state index contributed by atoms with van der Waals surface area (Å²) in [6.07, 6.45) is 1.10. The number of carboxylic acid groups (broad SMARTS) is 1. The van der Waals surface area contributed by atoms with Gasteiger partial charge in [-0.05, 0) is 47.5 Å². The Morgan fingerprint density at radius 1 is 0.900 bits per heavy atom. The van der Waals surface area contributed by atoms with Crippen LogP contribution in [-0.4, -0.2) is 39.3 Å². The quantitative estimate of drug-likeness (QED) is 0.496. The largest absolute Gasteiger partial charge is 0.507 e. The zero-order valence-electron chi connectivity index (χ0n) is 15.6. The average Bonchev–Trinajstić information content (AvgIpc) is 2.67. The van der Waals surface area contributed by atoms with E-state index < -0.39 is 32.4 Å². The first-order chi connectivity index (χ1) is 14.1. The summed E-state index contributed by atoms with van der Waals surface area (Å²) in [5.41, 5.74) is 1.08. The maximum Gasteiger partial charge on any atom is 0.339 e. The first-order valence-electron chi connectivity index (χ1n) is 8.49. The third kappa shape index (κ3) is 4.44. The van der Waals surface area contributed by atoms with Gasteiger partial charge >= 0.3 is 5.97 Å². The van der Waals surface area contributed by atoms with Crippen molar-refractivity contribution in [3.05, 3.63) is 72.3 Å². The lowest BCUT2D eigenvalue weighted by Gasteiger charge is -2.19. The summed E-state index contributed by atoms with van der Waals surface area (Å²) in [6.45, 7) is 0. The lowest BCUT2D eigenvalue weighted by molar-refractivity contribution is 0.0693. The summed E-state index contributed by atoms with van der Waals surface area (Å²) in [6, 6.07) is 16.1. The van der Waals surface area contributed by atoms with E-state index in [4.69, 9.17) is 5.11 Å². The van der Waals surface area contributed by atoms with Gasteiger partial charge in [-0.15, -0.1) is 0 Å². The van der Waals surface area contributed by atoms with Crippen molar-refractivity contribution >= 4 is 38.1 Å². The van der Waals surface area contributed by atoms with Crippen LogP contribution < -0.4 is 4.31 Å². The van der Waals surface area contributed by atoms with E-state index in [0.29, 0.717) is 11.1 Å². The number of rotatable bonds is 6. The Bertz CT molecular complexity index is 1310. The number of aromatic carboxylic acids is 1. The van der Waals surface area contributed by atoms with Crippen LogP contribution in [0.5, 0.6) is 5.75 Å². The number of benzene rings is 3. The van der Waals surface area contributed by atoms with Crippen molar-refractivity contribution in [2.75, 3.05) is 10.6 Å². The summed E-state index contributed by atoms with van der Waals surface area (Å²) in [5.74, 6) is -1.91. The van der Waals surface area contributed by atoms with Crippen LogP contribution in [0.4, 0.5) is 11.4 Å². The monoisotopic (exact) mass is 447 g/mol. The highest BCUT2D eigenvalue weighted by Gasteiger charge is 2.17. The zero-order chi connectivity index (χ0) is 22.1. The molecule has 0 radical (unpaired) electrons.